The van der Waals surface area contributed by atoms with Gasteiger partial charge in [0.1, 0.15) is 17.6 Å². The zero-order valence-corrected chi connectivity index (χ0v) is 19.2. The van der Waals surface area contributed by atoms with E-state index in [2.05, 4.69) is 5.32 Å². The Balaban J connectivity index is 1.78. The number of aliphatic hydroxyl groups is 2. The normalized spacial score (nSPS) is 23.3. The average molecular weight is 547 g/mol. The lowest BCUT2D eigenvalue weighted by atomic mass is 10.1. The van der Waals surface area contributed by atoms with E-state index in [1.54, 1.807) is 18.2 Å². The first kappa shape index (κ1) is 26.8. The highest BCUT2D eigenvalue weighted by Gasteiger charge is 2.38. The lowest BCUT2D eigenvalue weighted by Crippen LogP contribution is -2.52. The van der Waals surface area contributed by atoms with Gasteiger partial charge in [-0.3, -0.25) is 0 Å². The van der Waals surface area contributed by atoms with Crippen LogP contribution < -0.4 is 11.1 Å². The first-order valence-corrected chi connectivity index (χ1v) is 11.1. The van der Waals surface area contributed by atoms with E-state index in [0.717, 1.165) is 18.0 Å². The summed E-state index contributed by atoms with van der Waals surface area (Å²) in [5, 5.41) is 22.5. The Labute approximate surface area is 204 Å². The Morgan fingerprint density at radius 3 is 2.21 bits per heavy atom. The second kappa shape index (κ2) is 11.3. The van der Waals surface area contributed by atoms with Gasteiger partial charge in [-0.25, -0.2) is 22.0 Å². The highest BCUT2D eigenvalue weighted by atomic mass is 35.5. The zero-order valence-electron chi connectivity index (χ0n) is 16.9. The van der Waals surface area contributed by atoms with Crippen molar-refractivity contribution in [3.63, 3.8) is 0 Å². The molecular formula is C20H17Cl2F5N2O4S. The molecule has 0 aromatic heterocycles. The number of nitrogens with two attached hydrogens (primary N) is 1. The van der Waals surface area contributed by atoms with Crippen LogP contribution in [-0.4, -0.2) is 47.3 Å². The third-order valence-corrected chi connectivity index (χ3v) is 6.56. The topological polar surface area (TPSA) is 97.0 Å². The molecule has 1 aliphatic rings. The van der Waals surface area contributed by atoms with Crippen molar-refractivity contribution in [2.24, 2.45) is 5.73 Å². The molecule has 0 spiro atoms. The molecule has 6 nitrogen and oxygen atoms in total. The summed E-state index contributed by atoms with van der Waals surface area (Å²) in [5.41, 5.74) is 2.64. The SMILES string of the molecule is N/C(=C\NC[C@@H]1OC(O)C(CO)OC1Sc1ccc(Cl)c(Cl)c1)c1c(F)c(F)c(F)c(F)c1F. The number of benzene rings is 2. The second-order valence-corrected chi connectivity index (χ2v) is 8.92. The maximum absolute atomic E-state index is 13.9. The predicted molar refractivity (Wildman–Crippen MR) is 115 cm³/mol. The van der Waals surface area contributed by atoms with Gasteiger partial charge in [0.15, 0.2) is 29.6 Å². The van der Waals surface area contributed by atoms with Crippen LogP contribution in [0.15, 0.2) is 29.3 Å². The maximum Gasteiger partial charge on any atom is 0.200 e. The summed E-state index contributed by atoms with van der Waals surface area (Å²) < 4.78 is 79.1. The van der Waals surface area contributed by atoms with Crippen molar-refractivity contribution < 1.29 is 41.6 Å². The molecule has 2 aromatic rings. The standard InChI is InChI=1S/C20H17Cl2F5N2O4S/c21-8-2-1-7(3-9(8)22)34-20-11(32-19(31)12(6-30)33-20)5-29-4-10(28)13-14(23)16(25)18(27)17(26)15(13)24/h1-4,11-12,19-20,29-31H,5-6,28H2/b10-4-/t11-,12?,19?,20?/m0/s1. The van der Waals surface area contributed by atoms with Crippen LogP contribution in [0, 0.1) is 29.1 Å². The predicted octanol–water partition coefficient (Wildman–Crippen LogP) is 3.75. The van der Waals surface area contributed by atoms with Crippen molar-refractivity contribution in [1.82, 2.24) is 5.32 Å². The Morgan fingerprint density at radius 1 is 1.00 bits per heavy atom. The molecule has 3 rings (SSSR count). The van der Waals surface area contributed by atoms with Gasteiger partial charge in [-0.05, 0) is 18.2 Å². The smallest absolute Gasteiger partial charge is 0.200 e. The van der Waals surface area contributed by atoms with Crippen molar-refractivity contribution >= 4 is 40.7 Å². The van der Waals surface area contributed by atoms with Gasteiger partial charge in [0.05, 0.1) is 27.9 Å². The molecule has 186 valence electrons. The van der Waals surface area contributed by atoms with Crippen LogP contribution in [-0.2, 0) is 9.47 Å². The molecule has 0 amide bonds. The molecule has 1 fully saturated rings. The minimum absolute atomic E-state index is 0.176. The van der Waals surface area contributed by atoms with E-state index in [4.69, 9.17) is 38.4 Å². The quantitative estimate of drug-likeness (QED) is 0.238. The third kappa shape index (κ3) is 5.70. The Morgan fingerprint density at radius 2 is 1.62 bits per heavy atom. The van der Waals surface area contributed by atoms with Crippen molar-refractivity contribution in [2.75, 3.05) is 13.2 Å². The van der Waals surface area contributed by atoms with E-state index in [1.165, 1.54) is 0 Å². The van der Waals surface area contributed by atoms with Crippen LogP contribution >= 0.6 is 35.0 Å². The lowest BCUT2D eigenvalue weighted by Gasteiger charge is -2.38. The Hall–Kier alpha value is -1.80. The van der Waals surface area contributed by atoms with E-state index in [9.17, 15) is 32.2 Å². The molecule has 0 saturated carbocycles. The second-order valence-electron chi connectivity index (χ2n) is 6.94. The summed E-state index contributed by atoms with van der Waals surface area (Å²) in [6.07, 6.45) is -2.66. The molecule has 34 heavy (non-hydrogen) atoms. The first-order chi connectivity index (χ1) is 16.0. The number of hydrogen-bond acceptors (Lipinski definition) is 7. The van der Waals surface area contributed by atoms with Gasteiger partial charge in [-0.2, -0.15) is 0 Å². The molecule has 1 heterocycles. The summed E-state index contributed by atoms with van der Waals surface area (Å²) in [5.74, 6) is -10.7. The summed E-state index contributed by atoms with van der Waals surface area (Å²) in [6, 6.07) is 4.75. The first-order valence-electron chi connectivity index (χ1n) is 9.47. The monoisotopic (exact) mass is 546 g/mol. The average Bonchev–Trinajstić information content (AvgIpc) is 2.80. The number of thioether (sulfide) groups is 1. The van der Waals surface area contributed by atoms with Gasteiger partial charge < -0.3 is 30.7 Å². The highest BCUT2D eigenvalue weighted by Crippen LogP contribution is 2.35. The van der Waals surface area contributed by atoms with E-state index >= 15 is 0 Å². The highest BCUT2D eigenvalue weighted by molar-refractivity contribution is 7.99. The molecule has 5 N–H and O–H groups in total. The molecule has 14 heteroatoms. The fourth-order valence-corrected chi connectivity index (χ4v) is 4.41. The van der Waals surface area contributed by atoms with E-state index in [0.29, 0.717) is 9.92 Å². The Kier molecular flexibility index (Phi) is 8.90. The molecular weight excluding hydrogens is 530 g/mol. The summed E-state index contributed by atoms with van der Waals surface area (Å²) in [4.78, 5) is 0.609. The van der Waals surface area contributed by atoms with Gasteiger partial charge in [-0.15, -0.1) is 0 Å². The van der Waals surface area contributed by atoms with E-state index in [1.807, 2.05) is 0 Å². The number of halogens is 7. The molecule has 2 aromatic carbocycles. The van der Waals surface area contributed by atoms with Gasteiger partial charge in [0.25, 0.3) is 0 Å². The minimum Gasteiger partial charge on any atom is -0.397 e. The summed E-state index contributed by atoms with van der Waals surface area (Å²) in [7, 11) is 0. The van der Waals surface area contributed by atoms with E-state index in [-0.39, 0.29) is 11.6 Å². The van der Waals surface area contributed by atoms with Crippen molar-refractivity contribution in [3.8, 4) is 0 Å². The maximum atomic E-state index is 13.9. The number of aliphatic hydroxyl groups excluding tert-OH is 2. The summed E-state index contributed by atoms with van der Waals surface area (Å²) >= 11 is 13.0. The minimum atomic E-state index is -2.30. The number of nitrogens with one attached hydrogen (secondary N) is 1. The Bertz CT molecular complexity index is 1070. The number of hydrogen-bond donors (Lipinski definition) is 4. The van der Waals surface area contributed by atoms with Crippen LogP contribution in [0.1, 0.15) is 5.56 Å². The largest absolute Gasteiger partial charge is 0.397 e. The lowest BCUT2D eigenvalue weighted by molar-refractivity contribution is -0.270. The van der Waals surface area contributed by atoms with E-state index < -0.39 is 70.9 Å². The van der Waals surface area contributed by atoms with Gasteiger partial charge in [0, 0.05) is 17.6 Å². The van der Waals surface area contributed by atoms with Gasteiger partial charge in [-0.1, -0.05) is 35.0 Å². The van der Waals surface area contributed by atoms with Crippen LogP contribution in [0.2, 0.25) is 10.0 Å². The van der Waals surface area contributed by atoms with Crippen LogP contribution in [0.3, 0.4) is 0 Å². The van der Waals surface area contributed by atoms with Crippen molar-refractivity contribution in [1.29, 1.82) is 0 Å². The van der Waals surface area contributed by atoms with Gasteiger partial charge >= 0.3 is 0 Å². The summed E-state index contributed by atoms with van der Waals surface area (Å²) in [6.45, 7) is -0.725. The zero-order chi connectivity index (χ0) is 25.2. The fraction of sp³-hybridized carbons (Fsp3) is 0.300. The van der Waals surface area contributed by atoms with Crippen molar-refractivity contribution in [2.45, 2.75) is 28.8 Å². The molecule has 3 unspecified atom stereocenters. The third-order valence-electron chi connectivity index (χ3n) is 4.64. The van der Waals surface area contributed by atoms with Gasteiger partial charge in [0.2, 0.25) is 5.82 Å². The molecule has 0 radical (unpaired) electrons. The molecule has 1 aliphatic heterocycles. The molecule has 1 saturated heterocycles. The van der Waals surface area contributed by atoms with Crippen LogP contribution in [0.25, 0.3) is 5.70 Å². The number of ether oxygens (including phenoxy) is 2. The number of rotatable bonds is 7. The fourth-order valence-electron chi connectivity index (χ4n) is 2.94. The molecule has 4 atom stereocenters. The van der Waals surface area contributed by atoms with Crippen molar-refractivity contribution in [3.05, 3.63) is 69.1 Å². The molecule has 0 aliphatic carbocycles. The van der Waals surface area contributed by atoms with Crippen LogP contribution in [0.4, 0.5) is 22.0 Å². The molecule has 0 bridgehead atoms. The van der Waals surface area contributed by atoms with Crippen LogP contribution in [0.5, 0.6) is 0 Å².